The van der Waals surface area contributed by atoms with Crippen molar-refractivity contribution in [1.82, 2.24) is 0 Å². The maximum absolute atomic E-state index is 11.8. The van der Waals surface area contributed by atoms with E-state index in [-0.39, 0.29) is 12.8 Å². The van der Waals surface area contributed by atoms with E-state index in [9.17, 15) is 4.79 Å². The highest BCUT2D eigenvalue weighted by atomic mass is 16.7. The Morgan fingerprint density at radius 1 is 1.04 bits per heavy atom. The highest BCUT2D eigenvalue weighted by Gasteiger charge is 2.14. The molecular formula is C22H28O4. The SMILES string of the molecule is COCOc1ccc(Cc2c(C)cc(C(=O)OC)cc2C)cc1C(C)C. The van der Waals surface area contributed by atoms with Crippen molar-refractivity contribution in [3.8, 4) is 5.75 Å². The first-order chi connectivity index (χ1) is 12.4. The molecule has 4 heteroatoms. The van der Waals surface area contributed by atoms with Crippen molar-refractivity contribution in [2.45, 2.75) is 40.0 Å². The lowest BCUT2D eigenvalue weighted by atomic mass is 9.92. The van der Waals surface area contributed by atoms with E-state index in [0.29, 0.717) is 11.5 Å². The van der Waals surface area contributed by atoms with Crippen molar-refractivity contribution >= 4 is 5.97 Å². The predicted octanol–water partition coefficient (Wildman–Crippen LogP) is 4.79. The molecule has 2 rings (SSSR count). The Kier molecular flexibility index (Phi) is 6.81. The molecule has 0 N–H and O–H groups in total. The summed E-state index contributed by atoms with van der Waals surface area (Å²) in [4.78, 5) is 11.8. The average molecular weight is 356 g/mol. The van der Waals surface area contributed by atoms with Crippen molar-refractivity contribution in [3.05, 3.63) is 63.7 Å². The number of hydrogen-bond acceptors (Lipinski definition) is 4. The second-order valence-electron chi connectivity index (χ2n) is 6.83. The molecule has 0 spiro atoms. The molecule has 0 amide bonds. The van der Waals surface area contributed by atoms with Crippen LogP contribution in [0.25, 0.3) is 0 Å². The first-order valence-corrected chi connectivity index (χ1v) is 8.80. The van der Waals surface area contributed by atoms with Crippen LogP contribution in [0.2, 0.25) is 0 Å². The van der Waals surface area contributed by atoms with E-state index in [2.05, 4.69) is 26.0 Å². The van der Waals surface area contributed by atoms with Crippen LogP contribution in [0.3, 0.4) is 0 Å². The van der Waals surface area contributed by atoms with E-state index >= 15 is 0 Å². The second-order valence-corrected chi connectivity index (χ2v) is 6.83. The van der Waals surface area contributed by atoms with Crippen LogP contribution in [-0.2, 0) is 15.9 Å². The predicted molar refractivity (Wildman–Crippen MR) is 103 cm³/mol. The van der Waals surface area contributed by atoms with Gasteiger partial charge in [0.15, 0.2) is 6.79 Å². The lowest BCUT2D eigenvalue weighted by Gasteiger charge is -2.17. The molecular weight excluding hydrogens is 328 g/mol. The third-order valence-corrected chi connectivity index (χ3v) is 4.53. The molecule has 0 aliphatic carbocycles. The maximum atomic E-state index is 11.8. The number of esters is 1. The molecule has 2 aromatic rings. The summed E-state index contributed by atoms with van der Waals surface area (Å²) < 4.78 is 15.5. The van der Waals surface area contributed by atoms with Crippen molar-refractivity contribution in [3.63, 3.8) is 0 Å². The van der Waals surface area contributed by atoms with Gasteiger partial charge in [-0.2, -0.15) is 0 Å². The standard InChI is InChI=1S/C22H28O4/c1-14(2)19-11-17(7-8-21(19)26-13-24-5)12-20-15(3)9-18(10-16(20)4)22(23)25-6/h7-11,14H,12-13H2,1-6H3. The molecule has 0 fully saturated rings. The minimum absolute atomic E-state index is 0.242. The Labute approximate surface area is 156 Å². The summed E-state index contributed by atoms with van der Waals surface area (Å²) in [6.45, 7) is 8.62. The van der Waals surface area contributed by atoms with Crippen molar-refractivity contribution in [1.29, 1.82) is 0 Å². The summed E-state index contributed by atoms with van der Waals surface area (Å²) in [6.07, 6.45) is 0.809. The molecule has 0 saturated heterocycles. The molecule has 2 aromatic carbocycles. The number of aryl methyl sites for hydroxylation is 2. The van der Waals surface area contributed by atoms with Gasteiger partial charge in [-0.1, -0.05) is 26.0 Å². The monoisotopic (exact) mass is 356 g/mol. The number of carbonyl (C=O) groups is 1. The van der Waals surface area contributed by atoms with Gasteiger partial charge in [0, 0.05) is 7.11 Å². The Bertz CT molecular complexity index is 755. The van der Waals surface area contributed by atoms with Crippen LogP contribution in [0.15, 0.2) is 30.3 Å². The van der Waals surface area contributed by atoms with E-state index in [1.807, 2.05) is 32.0 Å². The maximum Gasteiger partial charge on any atom is 0.337 e. The minimum Gasteiger partial charge on any atom is -0.467 e. The summed E-state index contributed by atoms with van der Waals surface area (Å²) >= 11 is 0. The van der Waals surface area contributed by atoms with E-state index < -0.39 is 0 Å². The molecule has 26 heavy (non-hydrogen) atoms. The van der Waals surface area contributed by atoms with Crippen LogP contribution in [0.5, 0.6) is 5.75 Å². The molecule has 0 aliphatic rings. The van der Waals surface area contributed by atoms with E-state index in [0.717, 1.165) is 23.3 Å². The van der Waals surface area contributed by atoms with Gasteiger partial charge in [0.2, 0.25) is 0 Å². The molecule has 0 saturated carbocycles. The molecule has 0 aliphatic heterocycles. The first kappa shape index (κ1) is 20.0. The Morgan fingerprint density at radius 2 is 1.69 bits per heavy atom. The molecule has 0 aromatic heterocycles. The Morgan fingerprint density at radius 3 is 2.23 bits per heavy atom. The summed E-state index contributed by atoms with van der Waals surface area (Å²) in [7, 11) is 3.02. The van der Waals surface area contributed by atoms with E-state index in [1.54, 1.807) is 7.11 Å². The quantitative estimate of drug-likeness (QED) is 0.529. The van der Waals surface area contributed by atoms with Gasteiger partial charge in [-0.05, 0) is 72.2 Å². The lowest BCUT2D eigenvalue weighted by Crippen LogP contribution is -2.06. The van der Waals surface area contributed by atoms with Gasteiger partial charge in [-0.15, -0.1) is 0 Å². The van der Waals surface area contributed by atoms with E-state index in [4.69, 9.17) is 14.2 Å². The van der Waals surface area contributed by atoms with Gasteiger partial charge < -0.3 is 14.2 Å². The van der Waals surface area contributed by atoms with Crippen LogP contribution in [0.4, 0.5) is 0 Å². The third-order valence-electron chi connectivity index (χ3n) is 4.53. The highest BCUT2D eigenvalue weighted by molar-refractivity contribution is 5.90. The zero-order valence-electron chi connectivity index (χ0n) is 16.5. The molecule has 0 heterocycles. The van der Waals surface area contributed by atoms with Crippen molar-refractivity contribution in [2.24, 2.45) is 0 Å². The smallest absolute Gasteiger partial charge is 0.337 e. The number of methoxy groups -OCH3 is 2. The van der Waals surface area contributed by atoms with Gasteiger partial charge in [0.25, 0.3) is 0 Å². The zero-order chi connectivity index (χ0) is 19.3. The highest BCUT2D eigenvalue weighted by Crippen LogP contribution is 2.29. The van der Waals surface area contributed by atoms with Gasteiger partial charge in [-0.3, -0.25) is 0 Å². The third kappa shape index (κ3) is 4.64. The largest absolute Gasteiger partial charge is 0.467 e. The Hall–Kier alpha value is -2.33. The van der Waals surface area contributed by atoms with E-state index in [1.165, 1.54) is 23.8 Å². The molecule has 4 nitrogen and oxygen atoms in total. The van der Waals surface area contributed by atoms with Crippen molar-refractivity contribution in [2.75, 3.05) is 21.0 Å². The summed E-state index contributed by atoms with van der Waals surface area (Å²) in [5, 5.41) is 0. The van der Waals surface area contributed by atoms with Crippen LogP contribution in [0, 0.1) is 13.8 Å². The Balaban J connectivity index is 2.33. The molecule has 140 valence electrons. The van der Waals surface area contributed by atoms with Gasteiger partial charge >= 0.3 is 5.97 Å². The van der Waals surface area contributed by atoms with Gasteiger partial charge in [0.05, 0.1) is 12.7 Å². The minimum atomic E-state index is -0.301. The van der Waals surface area contributed by atoms with Gasteiger partial charge in [0.1, 0.15) is 5.75 Å². The number of hydrogen-bond donors (Lipinski definition) is 0. The number of rotatable bonds is 7. The van der Waals surface area contributed by atoms with Crippen LogP contribution < -0.4 is 4.74 Å². The molecule has 0 bridgehead atoms. The van der Waals surface area contributed by atoms with Crippen LogP contribution in [-0.4, -0.2) is 27.0 Å². The zero-order valence-corrected chi connectivity index (χ0v) is 16.5. The average Bonchev–Trinajstić information content (AvgIpc) is 2.62. The number of carbonyl (C=O) groups excluding carboxylic acids is 1. The fraction of sp³-hybridized carbons (Fsp3) is 0.409. The number of ether oxygens (including phenoxy) is 3. The fourth-order valence-electron chi connectivity index (χ4n) is 3.12. The topological polar surface area (TPSA) is 44.8 Å². The summed E-state index contributed by atoms with van der Waals surface area (Å²) in [5.74, 6) is 0.912. The number of benzene rings is 2. The van der Waals surface area contributed by atoms with Crippen molar-refractivity contribution < 1.29 is 19.0 Å². The normalized spacial score (nSPS) is 10.9. The first-order valence-electron chi connectivity index (χ1n) is 8.80. The molecule has 0 atom stereocenters. The fourth-order valence-corrected chi connectivity index (χ4v) is 3.12. The molecule has 0 radical (unpaired) electrons. The van der Waals surface area contributed by atoms with Gasteiger partial charge in [-0.25, -0.2) is 4.79 Å². The second kappa shape index (κ2) is 8.86. The summed E-state index contributed by atoms with van der Waals surface area (Å²) in [5.41, 5.74) is 6.40. The lowest BCUT2D eigenvalue weighted by molar-refractivity contribution is 0.0502. The van der Waals surface area contributed by atoms with Crippen LogP contribution in [0.1, 0.15) is 57.9 Å². The molecule has 0 unspecified atom stereocenters. The van der Waals surface area contributed by atoms with Crippen LogP contribution >= 0.6 is 0 Å². The summed E-state index contributed by atoms with van der Waals surface area (Å²) in [6, 6.07) is 10.1.